The van der Waals surface area contributed by atoms with E-state index in [-0.39, 0.29) is 18.4 Å². The van der Waals surface area contributed by atoms with E-state index in [1.807, 2.05) is 36.2 Å². The summed E-state index contributed by atoms with van der Waals surface area (Å²) >= 11 is 3.47. The molecule has 3 rings (SSSR count). The number of piperazine rings is 1. The Morgan fingerprint density at radius 3 is 2.52 bits per heavy atom. The first-order chi connectivity index (χ1) is 14.0. The zero-order valence-corrected chi connectivity index (χ0v) is 18.4. The SMILES string of the molecule is CCc1ccc(OCC(=O)Nc2ccccc2C(=O)N2CCN(C)CC2)c(Br)c1. The lowest BCUT2D eigenvalue weighted by Gasteiger charge is -2.32. The lowest BCUT2D eigenvalue weighted by atomic mass is 10.1. The Bertz CT molecular complexity index is 879. The fourth-order valence-corrected chi connectivity index (χ4v) is 3.71. The predicted molar refractivity (Wildman–Crippen MR) is 117 cm³/mol. The number of ether oxygens (including phenoxy) is 1. The van der Waals surface area contributed by atoms with Gasteiger partial charge in [0.2, 0.25) is 0 Å². The average Bonchev–Trinajstić information content (AvgIpc) is 2.73. The van der Waals surface area contributed by atoms with E-state index >= 15 is 0 Å². The van der Waals surface area contributed by atoms with Gasteiger partial charge in [-0.05, 0) is 59.2 Å². The van der Waals surface area contributed by atoms with Gasteiger partial charge in [0.25, 0.3) is 11.8 Å². The largest absolute Gasteiger partial charge is 0.483 e. The quantitative estimate of drug-likeness (QED) is 0.718. The number of likely N-dealkylation sites (N-methyl/N-ethyl adjacent to an activating group) is 1. The van der Waals surface area contributed by atoms with Crippen molar-refractivity contribution in [3.8, 4) is 5.75 Å². The molecule has 0 aromatic heterocycles. The van der Waals surface area contributed by atoms with Gasteiger partial charge in [-0.2, -0.15) is 0 Å². The van der Waals surface area contributed by atoms with Crippen LogP contribution in [0.1, 0.15) is 22.8 Å². The molecule has 2 aromatic rings. The Labute approximate surface area is 180 Å². The lowest BCUT2D eigenvalue weighted by molar-refractivity contribution is -0.118. The van der Waals surface area contributed by atoms with Gasteiger partial charge in [-0.3, -0.25) is 9.59 Å². The first kappa shape index (κ1) is 21.3. The molecule has 0 spiro atoms. The number of nitrogens with one attached hydrogen (secondary N) is 1. The molecule has 1 heterocycles. The van der Waals surface area contributed by atoms with Crippen LogP contribution in [0.2, 0.25) is 0 Å². The maximum absolute atomic E-state index is 12.9. The number of rotatable bonds is 6. The van der Waals surface area contributed by atoms with E-state index in [4.69, 9.17) is 4.74 Å². The number of nitrogens with zero attached hydrogens (tertiary/aromatic N) is 2. The molecule has 0 unspecified atom stereocenters. The number of hydrogen-bond donors (Lipinski definition) is 1. The molecule has 0 radical (unpaired) electrons. The molecular weight excluding hydrogens is 434 g/mol. The lowest BCUT2D eigenvalue weighted by Crippen LogP contribution is -2.47. The van der Waals surface area contributed by atoms with Crippen molar-refractivity contribution < 1.29 is 14.3 Å². The van der Waals surface area contributed by atoms with Crippen molar-refractivity contribution in [1.82, 2.24) is 9.80 Å². The molecule has 7 heteroatoms. The van der Waals surface area contributed by atoms with Crippen molar-refractivity contribution in [2.45, 2.75) is 13.3 Å². The Hall–Kier alpha value is -2.38. The molecule has 154 valence electrons. The van der Waals surface area contributed by atoms with Gasteiger partial charge in [-0.25, -0.2) is 0 Å². The number of benzene rings is 2. The summed E-state index contributed by atoms with van der Waals surface area (Å²) in [7, 11) is 2.05. The number of halogens is 1. The van der Waals surface area contributed by atoms with Crippen LogP contribution in [-0.4, -0.2) is 61.4 Å². The van der Waals surface area contributed by atoms with Crippen molar-refractivity contribution in [2.75, 3.05) is 45.2 Å². The molecule has 0 aliphatic carbocycles. The summed E-state index contributed by atoms with van der Waals surface area (Å²) in [5, 5.41) is 2.81. The molecule has 2 amide bonds. The number of aryl methyl sites for hydroxylation is 1. The normalized spacial score (nSPS) is 14.5. The van der Waals surface area contributed by atoms with Crippen LogP contribution in [0.3, 0.4) is 0 Å². The summed E-state index contributed by atoms with van der Waals surface area (Å²) in [5.41, 5.74) is 2.19. The zero-order valence-electron chi connectivity index (χ0n) is 16.8. The average molecular weight is 460 g/mol. The second-order valence-corrected chi connectivity index (χ2v) is 7.95. The van der Waals surface area contributed by atoms with E-state index in [1.165, 1.54) is 5.56 Å². The number of anilines is 1. The van der Waals surface area contributed by atoms with E-state index in [0.717, 1.165) is 24.0 Å². The molecule has 1 aliphatic rings. The summed E-state index contributed by atoms with van der Waals surface area (Å²) in [6, 6.07) is 12.9. The number of amides is 2. The zero-order chi connectivity index (χ0) is 20.8. The maximum atomic E-state index is 12.9. The number of carbonyl (C=O) groups is 2. The molecular formula is C22H26BrN3O3. The second-order valence-electron chi connectivity index (χ2n) is 7.10. The summed E-state index contributed by atoms with van der Waals surface area (Å²) in [6.07, 6.45) is 0.928. The molecule has 1 fully saturated rings. The van der Waals surface area contributed by atoms with Gasteiger partial charge >= 0.3 is 0 Å². The van der Waals surface area contributed by atoms with Crippen LogP contribution < -0.4 is 10.1 Å². The highest BCUT2D eigenvalue weighted by atomic mass is 79.9. The Balaban J connectivity index is 1.63. The van der Waals surface area contributed by atoms with Crippen LogP contribution >= 0.6 is 15.9 Å². The Morgan fingerprint density at radius 2 is 1.83 bits per heavy atom. The van der Waals surface area contributed by atoms with Crippen LogP contribution in [0.4, 0.5) is 5.69 Å². The minimum absolute atomic E-state index is 0.0622. The highest BCUT2D eigenvalue weighted by Crippen LogP contribution is 2.26. The van der Waals surface area contributed by atoms with E-state index in [1.54, 1.807) is 18.2 Å². The Morgan fingerprint density at radius 1 is 1.10 bits per heavy atom. The van der Waals surface area contributed by atoms with Crippen LogP contribution in [0, 0.1) is 0 Å². The van der Waals surface area contributed by atoms with Gasteiger partial charge in [-0.1, -0.05) is 25.1 Å². The van der Waals surface area contributed by atoms with Gasteiger partial charge in [0, 0.05) is 26.2 Å². The molecule has 1 N–H and O–H groups in total. The fraction of sp³-hybridized carbons (Fsp3) is 0.364. The van der Waals surface area contributed by atoms with E-state index < -0.39 is 0 Å². The van der Waals surface area contributed by atoms with Crippen molar-refractivity contribution in [3.05, 3.63) is 58.1 Å². The molecule has 0 saturated carbocycles. The van der Waals surface area contributed by atoms with Gasteiger partial charge < -0.3 is 19.9 Å². The monoisotopic (exact) mass is 459 g/mol. The molecule has 1 aliphatic heterocycles. The molecule has 1 saturated heterocycles. The van der Waals surface area contributed by atoms with Crippen molar-refractivity contribution >= 4 is 33.4 Å². The number of para-hydroxylation sites is 1. The smallest absolute Gasteiger partial charge is 0.262 e. The fourth-order valence-electron chi connectivity index (χ4n) is 3.17. The van der Waals surface area contributed by atoms with Crippen molar-refractivity contribution in [3.63, 3.8) is 0 Å². The van der Waals surface area contributed by atoms with Crippen LogP contribution in [0.5, 0.6) is 5.75 Å². The van der Waals surface area contributed by atoms with Crippen molar-refractivity contribution in [1.29, 1.82) is 0 Å². The van der Waals surface area contributed by atoms with Gasteiger partial charge in [0.05, 0.1) is 15.7 Å². The number of carbonyl (C=O) groups excluding carboxylic acids is 2. The highest BCUT2D eigenvalue weighted by molar-refractivity contribution is 9.10. The van der Waals surface area contributed by atoms with Crippen LogP contribution in [-0.2, 0) is 11.2 Å². The van der Waals surface area contributed by atoms with Gasteiger partial charge in [0.1, 0.15) is 5.75 Å². The standard InChI is InChI=1S/C22H26BrN3O3/c1-3-16-8-9-20(18(23)14-16)29-15-21(27)24-19-7-5-4-6-17(19)22(28)26-12-10-25(2)11-13-26/h4-9,14H,3,10-13,15H2,1-2H3,(H,24,27). The van der Waals surface area contributed by atoms with Gasteiger partial charge in [-0.15, -0.1) is 0 Å². The second kappa shape index (κ2) is 9.89. The first-order valence-corrected chi connectivity index (χ1v) is 10.5. The third-order valence-electron chi connectivity index (χ3n) is 4.99. The summed E-state index contributed by atoms with van der Waals surface area (Å²) < 4.78 is 6.45. The molecule has 29 heavy (non-hydrogen) atoms. The molecule has 0 atom stereocenters. The summed E-state index contributed by atoms with van der Waals surface area (Å²) in [5.74, 6) is 0.238. The maximum Gasteiger partial charge on any atom is 0.262 e. The highest BCUT2D eigenvalue weighted by Gasteiger charge is 2.22. The van der Waals surface area contributed by atoms with E-state index in [9.17, 15) is 9.59 Å². The topological polar surface area (TPSA) is 61.9 Å². The van der Waals surface area contributed by atoms with E-state index in [0.29, 0.717) is 30.1 Å². The van der Waals surface area contributed by atoms with Crippen LogP contribution in [0.25, 0.3) is 0 Å². The molecule has 0 bridgehead atoms. The Kier molecular flexibility index (Phi) is 7.28. The third kappa shape index (κ3) is 5.58. The first-order valence-electron chi connectivity index (χ1n) is 9.76. The third-order valence-corrected chi connectivity index (χ3v) is 5.61. The summed E-state index contributed by atoms with van der Waals surface area (Å²) in [4.78, 5) is 29.4. The number of hydrogen-bond acceptors (Lipinski definition) is 4. The molecule has 2 aromatic carbocycles. The van der Waals surface area contributed by atoms with Gasteiger partial charge in [0.15, 0.2) is 6.61 Å². The predicted octanol–water partition coefficient (Wildman–Crippen LogP) is 3.42. The van der Waals surface area contributed by atoms with Crippen molar-refractivity contribution in [2.24, 2.45) is 0 Å². The summed E-state index contributed by atoms with van der Waals surface area (Å²) in [6.45, 7) is 5.00. The van der Waals surface area contributed by atoms with Crippen LogP contribution in [0.15, 0.2) is 46.9 Å². The minimum atomic E-state index is -0.310. The van der Waals surface area contributed by atoms with E-state index in [2.05, 4.69) is 33.1 Å². The minimum Gasteiger partial charge on any atom is -0.483 e. The molecule has 6 nitrogen and oxygen atoms in total.